The Morgan fingerprint density at radius 3 is 2.60 bits per heavy atom. The average molecular weight is 282 g/mol. The predicted molar refractivity (Wildman–Crippen MR) is 68.9 cm³/mol. The first-order chi connectivity index (χ1) is 9.36. The van der Waals surface area contributed by atoms with Crippen LogP contribution in [-0.4, -0.2) is 47.0 Å². The van der Waals surface area contributed by atoms with Crippen molar-refractivity contribution >= 4 is 17.6 Å². The second-order valence-electron chi connectivity index (χ2n) is 3.94. The molecular weight excluding hydrogens is 268 g/mol. The fraction of sp³-hybridized carbons (Fsp3) is 0.333. The molecule has 1 aromatic carbocycles. The van der Waals surface area contributed by atoms with Gasteiger partial charge in [-0.3, -0.25) is 14.9 Å². The third kappa shape index (κ3) is 3.67. The molecule has 20 heavy (non-hydrogen) atoms. The van der Waals surface area contributed by atoms with Gasteiger partial charge in [-0.1, -0.05) is 0 Å². The van der Waals surface area contributed by atoms with Gasteiger partial charge in [0, 0.05) is 19.7 Å². The number of hydrogen-bond acceptors (Lipinski definition) is 5. The first-order valence-electron chi connectivity index (χ1n) is 5.75. The third-order valence-corrected chi connectivity index (χ3v) is 2.65. The van der Waals surface area contributed by atoms with Gasteiger partial charge in [0.1, 0.15) is 0 Å². The van der Waals surface area contributed by atoms with Crippen LogP contribution in [0, 0.1) is 10.1 Å². The Labute approximate surface area is 114 Å². The molecule has 0 aromatic heterocycles. The van der Waals surface area contributed by atoms with Crippen LogP contribution in [0.2, 0.25) is 0 Å². The van der Waals surface area contributed by atoms with E-state index in [4.69, 9.17) is 9.84 Å². The Balaban J connectivity index is 2.92. The lowest BCUT2D eigenvalue weighted by molar-refractivity contribution is -0.385. The molecule has 0 bridgehead atoms. The minimum atomic E-state index is -1.28. The molecule has 108 valence electrons. The van der Waals surface area contributed by atoms with Crippen molar-refractivity contribution in [2.24, 2.45) is 0 Å². The second-order valence-corrected chi connectivity index (χ2v) is 3.94. The fourth-order valence-electron chi connectivity index (χ4n) is 1.34. The van der Waals surface area contributed by atoms with Gasteiger partial charge in [0.05, 0.1) is 10.5 Å². The largest absolute Gasteiger partial charge is 0.478 e. The summed E-state index contributed by atoms with van der Waals surface area (Å²) in [7, 11) is 1.58. The van der Waals surface area contributed by atoms with Gasteiger partial charge in [-0.05, 0) is 19.1 Å². The van der Waals surface area contributed by atoms with Gasteiger partial charge < -0.3 is 14.7 Å². The number of amides is 1. The zero-order valence-electron chi connectivity index (χ0n) is 11.0. The summed E-state index contributed by atoms with van der Waals surface area (Å²) >= 11 is 0. The number of nitro groups is 1. The van der Waals surface area contributed by atoms with E-state index in [0.717, 1.165) is 6.07 Å². The number of carbonyl (C=O) groups excluding carboxylic acids is 1. The average Bonchev–Trinajstić information content (AvgIpc) is 2.43. The van der Waals surface area contributed by atoms with Gasteiger partial charge in [0.25, 0.3) is 5.91 Å². The Morgan fingerprint density at radius 2 is 2.10 bits per heavy atom. The molecule has 0 aliphatic rings. The van der Waals surface area contributed by atoms with E-state index in [2.05, 4.69) is 0 Å². The lowest BCUT2D eigenvalue weighted by Crippen LogP contribution is -2.31. The highest BCUT2D eigenvalue weighted by atomic mass is 16.6. The van der Waals surface area contributed by atoms with E-state index < -0.39 is 16.6 Å². The predicted octanol–water partition coefficient (Wildman–Crippen LogP) is 1.15. The molecule has 0 saturated heterocycles. The first-order valence-corrected chi connectivity index (χ1v) is 5.75. The molecule has 0 fully saturated rings. The van der Waals surface area contributed by atoms with Gasteiger partial charge >= 0.3 is 11.7 Å². The SMILES string of the molecule is CCN(C)C(=O)COc1ccc(C(=O)O)cc1[N+](=O)[O-]. The maximum absolute atomic E-state index is 11.5. The number of carbonyl (C=O) groups is 2. The van der Waals surface area contributed by atoms with E-state index in [1.165, 1.54) is 17.0 Å². The number of rotatable bonds is 6. The van der Waals surface area contributed by atoms with Crippen LogP contribution >= 0.6 is 0 Å². The maximum Gasteiger partial charge on any atom is 0.335 e. The van der Waals surface area contributed by atoms with Crippen molar-refractivity contribution in [2.45, 2.75) is 6.92 Å². The van der Waals surface area contributed by atoms with Crippen LogP contribution in [0.4, 0.5) is 5.69 Å². The zero-order valence-corrected chi connectivity index (χ0v) is 11.0. The quantitative estimate of drug-likeness (QED) is 0.619. The minimum Gasteiger partial charge on any atom is -0.478 e. The smallest absolute Gasteiger partial charge is 0.335 e. The monoisotopic (exact) mass is 282 g/mol. The summed E-state index contributed by atoms with van der Waals surface area (Å²) in [5.74, 6) is -1.75. The number of benzene rings is 1. The lowest BCUT2D eigenvalue weighted by Gasteiger charge is -2.14. The van der Waals surface area contributed by atoms with Crippen molar-refractivity contribution in [2.75, 3.05) is 20.2 Å². The van der Waals surface area contributed by atoms with E-state index in [1.54, 1.807) is 14.0 Å². The number of carboxylic acids is 1. The van der Waals surface area contributed by atoms with E-state index in [0.29, 0.717) is 6.54 Å². The molecule has 0 radical (unpaired) electrons. The van der Waals surface area contributed by atoms with Gasteiger partial charge in [-0.15, -0.1) is 0 Å². The molecule has 8 heteroatoms. The van der Waals surface area contributed by atoms with Crippen molar-refractivity contribution in [1.29, 1.82) is 0 Å². The van der Waals surface area contributed by atoms with E-state index in [-0.39, 0.29) is 23.8 Å². The summed E-state index contributed by atoms with van der Waals surface area (Å²) in [4.78, 5) is 33.8. The zero-order chi connectivity index (χ0) is 15.3. The number of aromatic carboxylic acids is 1. The van der Waals surface area contributed by atoms with E-state index >= 15 is 0 Å². The van der Waals surface area contributed by atoms with Crippen LogP contribution in [0.15, 0.2) is 18.2 Å². The second kappa shape index (κ2) is 6.50. The topological polar surface area (TPSA) is 110 Å². The summed E-state index contributed by atoms with van der Waals surface area (Å²) in [6.07, 6.45) is 0. The number of hydrogen-bond donors (Lipinski definition) is 1. The number of carboxylic acid groups (broad SMARTS) is 1. The van der Waals surface area contributed by atoms with Gasteiger partial charge in [0.2, 0.25) is 0 Å². The van der Waals surface area contributed by atoms with Crippen LogP contribution in [-0.2, 0) is 4.79 Å². The van der Waals surface area contributed by atoms with Crippen LogP contribution in [0.3, 0.4) is 0 Å². The van der Waals surface area contributed by atoms with Gasteiger partial charge in [-0.25, -0.2) is 4.79 Å². The van der Waals surface area contributed by atoms with E-state index in [9.17, 15) is 19.7 Å². The fourth-order valence-corrected chi connectivity index (χ4v) is 1.34. The Bertz CT molecular complexity index is 543. The van der Waals surface area contributed by atoms with Gasteiger partial charge in [0.15, 0.2) is 12.4 Å². The third-order valence-electron chi connectivity index (χ3n) is 2.65. The maximum atomic E-state index is 11.5. The van der Waals surface area contributed by atoms with Crippen molar-refractivity contribution in [1.82, 2.24) is 4.90 Å². The standard InChI is InChI=1S/C12H14N2O6/c1-3-13(2)11(15)7-20-10-5-4-8(12(16)17)6-9(10)14(18)19/h4-6H,3,7H2,1-2H3,(H,16,17). The van der Waals surface area contributed by atoms with Gasteiger partial charge in [-0.2, -0.15) is 0 Å². The molecule has 1 rings (SSSR count). The van der Waals surface area contributed by atoms with E-state index in [1.807, 2.05) is 0 Å². The highest BCUT2D eigenvalue weighted by molar-refractivity contribution is 5.89. The Hall–Kier alpha value is -2.64. The molecule has 0 atom stereocenters. The van der Waals surface area contributed by atoms with Crippen LogP contribution in [0.25, 0.3) is 0 Å². The Kier molecular flexibility index (Phi) is 5.01. The first kappa shape index (κ1) is 15.4. The summed E-state index contributed by atoms with van der Waals surface area (Å²) in [6, 6.07) is 3.24. The van der Waals surface area contributed by atoms with Crippen LogP contribution < -0.4 is 4.74 Å². The van der Waals surface area contributed by atoms with Crippen molar-refractivity contribution in [3.63, 3.8) is 0 Å². The molecule has 1 aromatic rings. The summed E-state index contributed by atoms with van der Waals surface area (Å²) in [5.41, 5.74) is -0.710. The number of ether oxygens (including phenoxy) is 1. The summed E-state index contributed by atoms with van der Waals surface area (Å²) in [5, 5.41) is 19.6. The Morgan fingerprint density at radius 1 is 1.45 bits per heavy atom. The minimum absolute atomic E-state index is 0.141. The molecule has 8 nitrogen and oxygen atoms in total. The molecule has 0 aliphatic heterocycles. The molecule has 0 spiro atoms. The molecule has 0 saturated carbocycles. The van der Waals surface area contributed by atoms with Crippen LogP contribution in [0.5, 0.6) is 5.75 Å². The van der Waals surface area contributed by atoms with Crippen molar-refractivity contribution in [3.8, 4) is 5.75 Å². The molecule has 0 unspecified atom stereocenters. The normalized spacial score (nSPS) is 9.90. The lowest BCUT2D eigenvalue weighted by atomic mass is 10.2. The highest BCUT2D eigenvalue weighted by Gasteiger charge is 2.19. The van der Waals surface area contributed by atoms with Crippen molar-refractivity contribution in [3.05, 3.63) is 33.9 Å². The van der Waals surface area contributed by atoms with Crippen molar-refractivity contribution < 1.29 is 24.4 Å². The molecule has 1 N–H and O–H groups in total. The highest BCUT2D eigenvalue weighted by Crippen LogP contribution is 2.28. The summed E-state index contributed by atoms with van der Waals surface area (Å²) < 4.78 is 5.09. The summed E-state index contributed by atoms with van der Waals surface area (Å²) in [6.45, 7) is 1.92. The number of nitrogens with zero attached hydrogens (tertiary/aromatic N) is 2. The van der Waals surface area contributed by atoms with Crippen LogP contribution in [0.1, 0.15) is 17.3 Å². The molecule has 0 aliphatic carbocycles. The number of likely N-dealkylation sites (N-methyl/N-ethyl adjacent to an activating group) is 1. The number of nitro benzene ring substituents is 1. The molecule has 1 amide bonds. The molecular formula is C12H14N2O6. The molecule has 0 heterocycles.